The zero-order valence-electron chi connectivity index (χ0n) is 40.6. The van der Waals surface area contributed by atoms with Gasteiger partial charge in [-0.05, 0) is 81.3 Å². The fourth-order valence-electron chi connectivity index (χ4n) is 6.62. The Bertz CT molecular complexity index is 2050. The molecule has 3 rings (SSSR count). The van der Waals surface area contributed by atoms with E-state index in [2.05, 4.69) is 31.6 Å². The van der Waals surface area contributed by atoms with E-state index in [1.807, 2.05) is 73.4 Å². The number of aromatic nitrogens is 1. The third kappa shape index (κ3) is 26.9. The van der Waals surface area contributed by atoms with Crippen molar-refractivity contribution in [3.8, 4) is 11.9 Å². The third-order valence-corrected chi connectivity index (χ3v) is 10.6. The SMILES string of the molecule is CC(=O)CCOCCOCCOCCC(=O)N[C@H](C(=O)C[C@@H](CCCNC(N)=O)C(=O)Nc1ccc(C[n+]2ccc(NC(=NCCCCCCOc3ccc(Cl)cc3)NC#N)cc2)cc1)C(C)C.[CH3-]. The molecule has 1 aromatic heterocycles. The first-order valence-corrected chi connectivity index (χ1v) is 23.5. The van der Waals surface area contributed by atoms with Crippen LogP contribution < -0.4 is 41.6 Å². The van der Waals surface area contributed by atoms with E-state index in [1.165, 1.54) is 6.92 Å². The summed E-state index contributed by atoms with van der Waals surface area (Å²) in [5.74, 6) is -0.749. The maximum atomic E-state index is 13.7. The second-order valence-corrected chi connectivity index (χ2v) is 16.8. The second kappa shape index (κ2) is 35.1. The summed E-state index contributed by atoms with van der Waals surface area (Å²) in [6.07, 6.45) is 10.5. The molecule has 0 radical (unpaired) electrons. The molecule has 0 aliphatic heterocycles. The average molecular weight is 979 g/mol. The number of rotatable bonds is 34. The Hall–Kier alpha value is -6.13. The number of carbonyl (C=O) groups is 5. The summed E-state index contributed by atoms with van der Waals surface area (Å²) in [5.41, 5.74) is 7.50. The predicted octanol–water partition coefficient (Wildman–Crippen LogP) is 6.13. The zero-order valence-corrected chi connectivity index (χ0v) is 41.3. The van der Waals surface area contributed by atoms with Crippen LogP contribution in [0.1, 0.15) is 84.1 Å². The van der Waals surface area contributed by atoms with Gasteiger partial charge in [0.05, 0.1) is 58.0 Å². The molecule has 0 bridgehead atoms. The predicted molar refractivity (Wildman–Crippen MR) is 266 cm³/mol. The minimum atomic E-state index is -0.821. The molecule has 0 spiro atoms. The van der Waals surface area contributed by atoms with Crippen molar-refractivity contribution in [3.63, 3.8) is 0 Å². The van der Waals surface area contributed by atoms with E-state index in [1.54, 1.807) is 24.3 Å². The maximum absolute atomic E-state index is 13.7. The molecule has 0 unspecified atom stereocenters. The highest BCUT2D eigenvalue weighted by molar-refractivity contribution is 6.30. The number of hydrogen-bond acceptors (Lipinski definition) is 11. The lowest BCUT2D eigenvalue weighted by Crippen LogP contribution is -2.45. The van der Waals surface area contributed by atoms with Crippen LogP contribution in [-0.2, 0) is 39.9 Å². The number of aliphatic imine (C=N–C) groups is 1. The molecule has 1 heterocycles. The molecule has 0 fully saturated rings. The largest absolute Gasteiger partial charge is 0.494 e. The monoisotopic (exact) mass is 978 g/mol. The van der Waals surface area contributed by atoms with Gasteiger partial charge in [0.2, 0.25) is 17.8 Å². The number of pyridine rings is 1. The van der Waals surface area contributed by atoms with Gasteiger partial charge < -0.3 is 53.4 Å². The molecule has 378 valence electrons. The van der Waals surface area contributed by atoms with E-state index < -0.39 is 18.0 Å². The summed E-state index contributed by atoms with van der Waals surface area (Å²) in [4.78, 5) is 66.9. The number of ketones is 2. The molecule has 18 nitrogen and oxygen atoms in total. The van der Waals surface area contributed by atoms with Crippen molar-refractivity contribution in [1.29, 1.82) is 5.26 Å². The molecule has 2 atom stereocenters. The number of unbranched alkanes of at least 4 members (excludes halogenated alkanes) is 3. The number of amides is 4. The van der Waals surface area contributed by atoms with Crippen LogP contribution in [0.3, 0.4) is 0 Å². The molecule has 2 aromatic carbocycles. The summed E-state index contributed by atoms with van der Waals surface area (Å²) in [6, 6.07) is 17.0. The highest BCUT2D eigenvalue weighted by Crippen LogP contribution is 2.20. The molecular weight excluding hydrogens is 906 g/mol. The van der Waals surface area contributed by atoms with Gasteiger partial charge in [-0.1, -0.05) is 44.0 Å². The topological polar surface area (TPSA) is 248 Å². The number of hydrogen-bond donors (Lipinski definition) is 6. The first-order valence-electron chi connectivity index (χ1n) is 23.1. The van der Waals surface area contributed by atoms with Crippen LogP contribution in [0.4, 0.5) is 16.2 Å². The van der Waals surface area contributed by atoms with Crippen LogP contribution in [0.15, 0.2) is 78.0 Å². The fraction of sp³-hybridized carbons (Fsp3) is 0.500. The number of nitriles is 1. The van der Waals surface area contributed by atoms with E-state index in [0.717, 1.165) is 42.7 Å². The van der Waals surface area contributed by atoms with Gasteiger partial charge in [-0.2, -0.15) is 5.26 Å². The summed E-state index contributed by atoms with van der Waals surface area (Å²) in [6.45, 7) is 8.93. The van der Waals surface area contributed by atoms with E-state index in [4.69, 9.17) is 36.3 Å². The molecule has 3 aromatic rings. The molecule has 7 N–H and O–H groups in total. The second-order valence-electron chi connectivity index (χ2n) is 16.4. The molecule has 4 amide bonds. The van der Waals surface area contributed by atoms with Crippen LogP contribution in [0.2, 0.25) is 5.02 Å². The Morgan fingerprint density at radius 3 is 2.03 bits per heavy atom. The smallest absolute Gasteiger partial charge is 0.312 e. The Kier molecular flexibility index (Phi) is 30.0. The van der Waals surface area contributed by atoms with Crippen molar-refractivity contribution in [2.24, 2.45) is 22.6 Å². The van der Waals surface area contributed by atoms with Gasteiger partial charge in [0.25, 0.3) is 0 Å². The van der Waals surface area contributed by atoms with E-state index in [-0.39, 0.29) is 69.3 Å². The van der Waals surface area contributed by atoms with Crippen molar-refractivity contribution < 1.29 is 47.5 Å². The van der Waals surface area contributed by atoms with Crippen molar-refractivity contribution in [2.75, 3.05) is 70.0 Å². The number of nitrogens with zero attached hydrogens (tertiary/aromatic N) is 3. The minimum Gasteiger partial charge on any atom is -0.494 e. The number of nitrogens with two attached hydrogens (primary N) is 1. The van der Waals surface area contributed by atoms with Gasteiger partial charge in [-0.3, -0.25) is 29.5 Å². The lowest BCUT2D eigenvalue weighted by atomic mass is 9.89. The average Bonchev–Trinajstić information content (AvgIpc) is 3.30. The van der Waals surface area contributed by atoms with Crippen LogP contribution in [0.5, 0.6) is 5.75 Å². The molecule has 0 aliphatic carbocycles. The number of nitrogens with one attached hydrogen (secondary N) is 5. The van der Waals surface area contributed by atoms with Gasteiger partial charge in [0.1, 0.15) is 11.5 Å². The van der Waals surface area contributed by atoms with E-state index in [9.17, 15) is 29.2 Å². The molecule has 0 saturated carbocycles. The van der Waals surface area contributed by atoms with Crippen molar-refractivity contribution >= 4 is 58.3 Å². The molecule has 69 heavy (non-hydrogen) atoms. The van der Waals surface area contributed by atoms with Gasteiger partial charge in [-0.25, -0.2) is 9.36 Å². The van der Waals surface area contributed by atoms with E-state index >= 15 is 0 Å². The number of anilines is 2. The summed E-state index contributed by atoms with van der Waals surface area (Å²) in [5, 5.41) is 24.0. The molecule has 0 aliphatic rings. The lowest BCUT2D eigenvalue weighted by molar-refractivity contribution is -0.688. The van der Waals surface area contributed by atoms with Gasteiger partial charge in [0.15, 0.2) is 30.9 Å². The first-order chi connectivity index (χ1) is 32.8. The third-order valence-electron chi connectivity index (χ3n) is 10.3. The lowest BCUT2D eigenvalue weighted by Gasteiger charge is -2.24. The number of guanidine groups is 1. The number of urea groups is 1. The Morgan fingerprint density at radius 2 is 1.41 bits per heavy atom. The summed E-state index contributed by atoms with van der Waals surface area (Å²) in [7, 11) is 0. The van der Waals surface area contributed by atoms with Crippen LogP contribution >= 0.6 is 11.6 Å². The Morgan fingerprint density at radius 1 is 0.783 bits per heavy atom. The summed E-state index contributed by atoms with van der Waals surface area (Å²) >= 11 is 5.92. The van der Waals surface area contributed by atoms with Crippen LogP contribution in [0, 0.1) is 30.7 Å². The number of halogens is 1. The number of benzene rings is 2. The first kappa shape index (κ1) is 59.0. The number of ether oxygens (including phenoxy) is 4. The van der Waals surface area contributed by atoms with Gasteiger partial charge in [0, 0.05) is 66.7 Å². The highest BCUT2D eigenvalue weighted by atomic mass is 35.5. The minimum absolute atomic E-state index is 0. The van der Waals surface area contributed by atoms with Crippen molar-refractivity contribution in [2.45, 2.75) is 91.1 Å². The highest BCUT2D eigenvalue weighted by Gasteiger charge is 2.29. The number of primary amides is 1. The zero-order chi connectivity index (χ0) is 49.4. The van der Waals surface area contributed by atoms with Gasteiger partial charge >= 0.3 is 6.03 Å². The van der Waals surface area contributed by atoms with Crippen molar-refractivity contribution in [1.82, 2.24) is 16.0 Å². The Labute approximate surface area is 412 Å². The number of carbonyl (C=O) groups excluding carboxylic acids is 5. The maximum Gasteiger partial charge on any atom is 0.312 e. The number of Topliss-reactive ketones (excluding diaryl/α,β-unsaturated/α-hetero) is 2. The van der Waals surface area contributed by atoms with Crippen LogP contribution in [0.25, 0.3) is 0 Å². The van der Waals surface area contributed by atoms with E-state index in [0.29, 0.717) is 82.1 Å². The standard InChI is InChI=1S/C49H68ClN9O9.CH3/c1-36(2)46(58-45(62)21-28-66-30-32-67-31-29-65-27-20-37(3)60)44(61)33-39(9-8-23-53-48(52)64)47(63)56-41-14-10-38(11-15-41)34-59-24-18-42(19-25-59)57-49(55-35-51)54-22-6-4-5-7-26-68-43-16-12-40(50)13-17-43;/h10-19,24-25,36,39,46H,4-9,20-23,26-34H2,1-3H3,(H6,52,53,54,55,56,58,62,63,64);1H3/q;-1/p+1/t39-,46+;/m1./s1. The quantitative estimate of drug-likeness (QED) is 0.00753. The van der Waals surface area contributed by atoms with Crippen molar-refractivity contribution in [3.05, 3.63) is 91.1 Å². The molecule has 19 heteroatoms. The van der Waals surface area contributed by atoms with Gasteiger partial charge in [-0.15, -0.1) is 0 Å². The molecule has 0 saturated heterocycles. The molecular formula is C50H72ClN9O9. The normalized spacial score (nSPS) is 11.9. The van der Waals surface area contributed by atoms with Crippen LogP contribution in [-0.4, -0.2) is 101 Å². The Balaban J connectivity index is 0.0000163. The fourth-order valence-corrected chi connectivity index (χ4v) is 6.74. The summed E-state index contributed by atoms with van der Waals surface area (Å²) < 4.78 is 24.0.